The Morgan fingerprint density at radius 3 is 1.93 bits per heavy atom. The summed E-state index contributed by atoms with van der Waals surface area (Å²) >= 11 is 0. The lowest BCUT2D eigenvalue weighted by atomic mass is 10.1. The van der Waals surface area contributed by atoms with E-state index in [1.807, 2.05) is 18.3 Å². The van der Waals surface area contributed by atoms with Crippen molar-refractivity contribution in [3.63, 3.8) is 0 Å². The number of nitrogens with one attached hydrogen (secondary N) is 1. The van der Waals surface area contributed by atoms with Crippen molar-refractivity contribution in [2.75, 3.05) is 51.7 Å². The third-order valence-corrected chi connectivity index (χ3v) is 5.42. The van der Waals surface area contributed by atoms with Gasteiger partial charge >= 0.3 is 0 Å². The van der Waals surface area contributed by atoms with Crippen LogP contribution in [0.2, 0.25) is 0 Å². The van der Waals surface area contributed by atoms with E-state index in [0.29, 0.717) is 6.04 Å². The van der Waals surface area contributed by atoms with E-state index in [9.17, 15) is 0 Å². The van der Waals surface area contributed by atoms with Crippen molar-refractivity contribution in [2.45, 2.75) is 59.4 Å². The molecule has 0 atom stereocenters. The zero-order valence-electron chi connectivity index (χ0n) is 19.8. The number of ether oxygens (including phenoxy) is 1. The van der Waals surface area contributed by atoms with Gasteiger partial charge in [-0.15, -0.1) is 0 Å². The number of aromatic nitrogens is 1. The second kappa shape index (κ2) is 13.5. The Kier molecular flexibility index (Phi) is 11.0. The summed E-state index contributed by atoms with van der Waals surface area (Å²) in [5.41, 5.74) is 2.14. The Labute approximate surface area is 183 Å². The molecule has 0 radical (unpaired) electrons. The molecule has 2 rings (SSSR count). The van der Waals surface area contributed by atoms with Gasteiger partial charge in [0.25, 0.3) is 0 Å². The minimum absolute atomic E-state index is 0.359. The zero-order chi connectivity index (χ0) is 21.8. The molecule has 0 spiro atoms. The second-order valence-corrected chi connectivity index (χ2v) is 8.18. The minimum Gasteiger partial charge on any atom is -0.497 e. The highest BCUT2D eigenvalue weighted by Gasteiger charge is 2.18. The van der Waals surface area contributed by atoms with E-state index in [4.69, 9.17) is 4.74 Å². The molecule has 168 valence electrons. The first-order valence-corrected chi connectivity index (χ1v) is 11.8. The van der Waals surface area contributed by atoms with Gasteiger partial charge in [-0.1, -0.05) is 27.7 Å². The molecular formula is C25H42N4O. The van der Waals surface area contributed by atoms with E-state index in [0.717, 1.165) is 61.6 Å². The molecular weight excluding hydrogens is 372 g/mol. The third kappa shape index (κ3) is 7.44. The van der Waals surface area contributed by atoms with Crippen LogP contribution >= 0.6 is 0 Å². The Morgan fingerprint density at radius 1 is 0.867 bits per heavy atom. The van der Waals surface area contributed by atoms with Crippen molar-refractivity contribution in [1.29, 1.82) is 0 Å². The molecule has 2 aromatic rings. The maximum Gasteiger partial charge on any atom is 0.119 e. The summed E-state index contributed by atoms with van der Waals surface area (Å²) in [6.45, 7) is 15.8. The molecule has 0 saturated carbocycles. The maximum absolute atomic E-state index is 5.47. The minimum atomic E-state index is 0.359. The van der Waals surface area contributed by atoms with Gasteiger partial charge in [0.15, 0.2) is 0 Å². The van der Waals surface area contributed by atoms with Gasteiger partial charge in [0.2, 0.25) is 0 Å². The summed E-state index contributed by atoms with van der Waals surface area (Å²) in [7, 11) is 1.72. The average Bonchev–Trinajstić information content (AvgIpc) is 2.74. The van der Waals surface area contributed by atoms with Crippen LogP contribution in [0, 0.1) is 0 Å². The van der Waals surface area contributed by atoms with E-state index < -0.39 is 0 Å². The monoisotopic (exact) mass is 414 g/mol. The molecule has 5 heteroatoms. The molecule has 0 aliphatic carbocycles. The normalized spacial score (nSPS) is 11.7. The molecule has 0 unspecified atom stereocenters. The molecule has 0 saturated heterocycles. The van der Waals surface area contributed by atoms with Crippen LogP contribution in [0.1, 0.15) is 53.4 Å². The van der Waals surface area contributed by atoms with Gasteiger partial charge in [-0.25, -0.2) is 0 Å². The molecule has 1 heterocycles. The molecule has 0 bridgehead atoms. The third-order valence-electron chi connectivity index (χ3n) is 5.42. The largest absolute Gasteiger partial charge is 0.497 e. The highest BCUT2D eigenvalue weighted by Crippen LogP contribution is 2.26. The fourth-order valence-electron chi connectivity index (χ4n) is 4.22. The number of methoxy groups -OCH3 is 1. The lowest BCUT2D eigenvalue weighted by Crippen LogP contribution is -2.45. The van der Waals surface area contributed by atoms with Crippen LogP contribution in [0.25, 0.3) is 10.9 Å². The first-order chi connectivity index (χ1) is 14.6. The predicted molar refractivity (Wildman–Crippen MR) is 130 cm³/mol. The van der Waals surface area contributed by atoms with Crippen LogP contribution in [0.15, 0.2) is 30.5 Å². The number of rotatable bonds is 15. The molecule has 1 N–H and O–H groups in total. The van der Waals surface area contributed by atoms with Crippen LogP contribution in [0.3, 0.4) is 0 Å². The van der Waals surface area contributed by atoms with Crippen molar-refractivity contribution in [1.82, 2.24) is 14.8 Å². The van der Waals surface area contributed by atoms with Crippen LogP contribution in [-0.2, 0) is 0 Å². The van der Waals surface area contributed by atoms with Crippen LogP contribution in [-0.4, -0.2) is 67.2 Å². The number of anilines is 1. The second-order valence-electron chi connectivity index (χ2n) is 8.18. The summed E-state index contributed by atoms with van der Waals surface area (Å²) < 4.78 is 5.47. The molecule has 0 amide bonds. The van der Waals surface area contributed by atoms with Gasteiger partial charge < -0.3 is 19.9 Å². The maximum atomic E-state index is 5.47. The Hall–Kier alpha value is -1.85. The van der Waals surface area contributed by atoms with Crippen molar-refractivity contribution < 1.29 is 4.74 Å². The molecule has 0 aliphatic heterocycles. The summed E-state index contributed by atoms with van der Waals surface area (Å²) in [4.78, 5) is 9.77. The van der Waals surface area contributed by atoms with E-state index in [1.165, 1.54) is 25.7 Å². The smallest absolute Gasteiger partial charge is 0.119 e. The predicted octanol–water partition coefficient (Wildman–Crippen LogP) is 5.27. The van der Waals surface area contributed by atoms with Gasteiger partial charge in [-0.05, 0) is 76.1 Å². The molecule has 1 aromatic carbocycles. The summed E-state index contributed by atoms with van der Waals surface area (Å²) in [5.74, 6) is 0.868. The van der Waals surface area contributed by atoms with Crippen molar-refractivity contribution in [3.8, 4) is 5.75 Å². The fraction of sp³-hybridized carbons (Fsp3) is 0.640. The summed E-state index contributed by atoms with van der Waals surface area (Å²) in [6.07, 6.45) is 6.66. The van der Waals surface area contributed by atoms with Gasteiger partial charge in [-0.3, -0.25) is 4.98 Å². The van der Waals surface area contributed by atoms with E-state index in [2.05, 4.69) is 59.9 Å². The SMILES string of the molecule is CCCN(CCC)CC(CN(CCC)CCC)Nc1ccnc2ccc(OC)cc12. The number of pyridine rings is 1. The summed E-state index contributed by atoms with van der Waals surface area (Å²) in [5, 5.41) is 5.01. The number of hydrogen-bond acceptors (Lipinski definition) is 5. The molecule has 30 heavy (non-hydrogen) atoms. The lowest BCUT2D eigenvalue weighted by molar-refractivity contribution is 0.214. The van der Waals surface area contributed by atoms with Crippen LogP contribution in [0.4, 0.5) is 5.69 Å². The highest BCUT2D eigenvalue weighted by atomic mass is 16.5. The topological polar surface area (TPSA) is 40.6 Å². The van der Waals surface area contributed by atoms with Crippen molar-refractivity contribution >= 4 is 16.6 Å². The average molecular weight is 415 g/mol. The lowest BCUT2D eigenvalue weighted by Gasteiger charge is -2.32. The van der Waals surface area contributed by atoms with Crippen LogP contribution in [0.5, 0.6) is 5.75 Å². The molecule has 1 aromatic heterocycles. The van der Waals surface area contributed by atoms with Gasteiger partial charge in [0.05, 0.1) is 18.7 Å². The first kappa shape index (κ1) is 24.4. The number of fused-ring (bicyclic) bond motifs is 1. The van der Waals surface area contributed by atoms with E-state index >= 15 is 0 Å². The first-order valence-electron chi connectivity index (χ1n) is 11.8. The Bertz CT molecular complexity index is 706. The standard InChI is InChI=1S/C25H42N4O/c1-6-14-28(15-7-2)19-21(20-29(16-8-3)17-9-4)27-25-12-13-26-24-11-10-22(30-5)18-23(24)25/h10-13,18,21H,6-9,14-17,19-20H2,1-5H3,(H,26,27). The quantitative estimate of drug-likeness (QED) is 0.430. The highest BCUT2D eigenvalue weighted by molar-refractivity contribution is 5.92. The van der Waals surface area contributed by atoms with Gasteiger partial charge in [0.1, 0.15) is 5.75 Å². The van der Waals surface area contributed by atoms with Crippen LogP contribution < -0.4 is 10.1 Å². The fourth-order valence-corrected chi connectivity index (χ4v) is 4.22. The molecule has 0 fully saturated rings. The number of benzene rings is 1. The zero-order valence-corrected chi connectivity index (χ0v) is 19.8. The Balaban J connectivity index is 2.29. The van der Waals surface area contributed by atoms with Crippen molar-refractivity contribution in [2.24, 2.45) is 0 Å². The van der Waals surface area contributed by atoms with E-state index in [-0.39, 0.29) is 0 Å². The van der Waals surface area contributed by atoms with Gasteiger partial charge in [-0.2, -0.15) is 0 Å². The Morgan fingerprint density at radius 2 is 1.43 bits per heavy atom. The van der Waals surface area contributed by atoms with E-state index in [1.54, 1.807) is 7.11 Å². The molecule has 0 aliphatic rings. The number of nitrogens with zero attached hydrogens (tertiary/aromatic N) is 3. The molecule has 5 nitrogen and oxygen atoms in total. The number of hydrogen-bond donors (Lipinski definition) is 1. The van der Waals surface area contributed by atoms with Crippen molar-refractivity contribution in [3.05, 3.63) is 30.5 Å². The summed E-state index contributed by atoms with van der Waals surface area (Å²) in [6, 6.07) is 8.56. The van der Waals surface area contributed by atoms with Gasteiger partial charge in [0, 0.05) is 30.4 Å².